The summed E-state index contributed by atoms with van der Waals surface area (Å²) in [5.41, 5.74) is 5.34. The number of nitrogens with one attached hydrogen (secondary N) is 1. The van der Waals surface area contributed by atoms with Crippen molar-refractivity contribution in [3.05, 3.63) is 10.7 Å². The molecule has 1 heterocycles. The third kappa shape index (κ3) is 4.65. The van der Waals surface area contributed by atoms with E-state index in [1.807, 2.05) is 0 Å². The standard InChI is InChI=1S/C8H10BrF3N4/c9-5-4-15-7(13)16-6(5)14-3-1-2-8(10,11)12/h4H,1-3H2,(H3,13,14,15,16). The van der Waals surface area contributed by atoms with E-state index in [4.69, 9.17) is 5.73 Å². The van der Waals surface area contributed by atoms with Gasteiger partial charge in [-0.25, -0.2) is 4.98 Å². The van der Waals surface area contributed by atoms with Crippen molar-refractivity contribution in [2.75, 3.05) is 17.6 Å². The lowest BCUT2D eigenvalue weighted by Crippen LogP contribution is -2.12. The second-order valence-corrected chi connectivity index (χ2v) is 3.92. The molecular formula is C8H10BrF3N4. The van der Waals surface area contributed by atoms with Crippen molar-refractivity contribution < 1.29 is 13.2 Å². The predicted octanol–water partition coefficient (Wildman–Crippen LogP) is 2.58. The van der Waals surface area contributed by atoms with Crippen LogP contribution in [0.25, 0.3) is 0 Å². The molecule has 90 valence electrons. The van der Waals surface area contributed by atoms with Crippen LogP contribution in [0.2, 0.25) is 0 Å². The normalized spacial score (nSPS) is 11.5. The summed E-state index contributed by atoms with van der Waals surface area (Å²) < 4.78 is 36.1. The molecule has 0 aliphatic carbocycles. The third-order valence-electron chi connectivity index (χ3n) is 1.69. The largest absolute Gasteiger partial charge is 0.389 e. The van der Waals surface area contributed by atoms with Crippen molar-refractivity contribution >= 4 is 27.7 Å². The number of nitrogens with zero attached hydrogens (tertiary/aromatic N) is 2. The van der Waals surface area contributed by atoms with Gasteiger partial charge in [0.2, 0.25) is 5.95 Å². The molecule has 0 aliphatic rings. The summed E-state index contributed by atoms with van der Waals surface area (Å²) in [5.74, 6) is 0.469. The smallest absolute Gasteiger partial charge is 0.369 e. The number of anilines is 2. The maximum absolute atomic E-state index is 11.8. The number of rotatable bonds is 4. The first-order valence-electron chi connectivity index (χ1n) is 4.47. The van der Waals surface area contributed by atoms with Crippen LogP contribution >= 0.6 is 15.9 Å². The van der Waals surface area contributed by atoms with Gasteiger partial charge >= 0.3 is 6.18 Å². The van der Waals surface area contributed by atoms with Crippen LogP contribution in [0, 0.1) is 0 Å². The van der Waals surface area contributed by atoms with E-state index in [0.717, 1.165) is 0 Å². The lowest BCUT2D eigenvalue weighted by molar-refractivity contribution is -0.134. The van der Waals surface area contributed by atoms with Crippen LogP contribution in [0.15, 0.2) is 10.7 Å². The second kappa shape index (κ2) is 5.33. The summed E-state index contributed by atoms with van der Waals surface area (Å²) in [6.07, 6.45) is -3.52. The molecule has 4 nitrogen and oxygen atoms in total. The van der Waals surface area contributed by atoms with Crippen molar-refractivity contribution in [2.45, 2.75) is 19.0 Å². The highest BCUT2D eigenvalue weighted by molar-refractivity contribution is 9.10. The first kappa shape index (κ1) is 13.0. The van der Waals surface area contributed by atoms with Crippen LogP contribution in [0.3, 0.4) is 0 Å². The van der Waals surface area contributed by atoms with E-state index < -0.39 is 12.6 Å². The number of alkyl halides is 3. The number of hydrogen-bond acceptors (Lipinski definition) is 4. The van der Waals surface area contributed by atoms with E-state index in [9.17, 15) is 13.2 Å². The molecule has 3 N–H and O–H groups in total. The van der Waals surface area contributed by atoms with Gasteiger partial charge in [-0.1, -0.05) is 0 Å². The van der Waals surface area contributed by atoms with Crippen LogP contribution in [0.4, 0.5) is 24.9 Å². The maximum Gasteiger partial charge on any atom is 0.389 e. The number of halogens is 4. The molecule has 1 aromatic heterocycles. The monoisotopic (exact) mass is 298 g/mol. The zero-order valence-corrected chi connectivity index (χ0v) is 9.77. The minimum Gasteiger partial charge on any atom is -0.369 e. The Kier molecular flexibility index (Phi) is 4.34. The van der Waals surface area contributed by atoms with E-state index >= 15 is 0 Å². The Morgan fingerprint density at radius 1 is 1.44 bits per heavy atom. The van der Waals surface area contributed by atoms with Gasteiger partial charge in [0.25, 0.3) is 0 Å². The Balaban J connectivity index is 2.40. The van der Waals surface area contributed by atoms with Gasteiger partial charge in [-0.05, 0) is 22.4 Å². The molecule has 0 saturated heterocycles. The van der Waals surface area contributed by atoms with Gasteiger partial charge in [-0.3, -0.25) is 0 Å². The average molecular weight is 299 g/mol. The van der Waals surface area contributed by atoms with Crippen LogP contribution in [-0.4, -0.2) is 22.7 Å². The topological polar surface area (TPSA) is 63.8 Å². The summed E-state index contributed by atoms with van der Waals surface area (Å²) in [4.78, 5) is 7.54. The SMILES string of the molecule is Nc1ncc(Br)c(NCCCC(F)(F)F)n1. The minimum absolute atomic E-state index is 0.0140. The van der Waals surface area contributed by atoms with E-state index in [0.29, 0.717) is 10.3 Å². The highest BCUT2D eigenvalue weighted by Gasteiger charge is 2.25. The Bertz CT molecular complexity index is 356. The summed E-state index contributed by atoms with van der Waals surface area (Å²) in [6.45, 7) is 0.175. The van der Waals surface area contributed by atoms with E-state index in [2.05, 4.69) is 31.2 Å². The molecule has 1 rings (SSSR count). The summed E-state index contributed by atoms with van der Waals surface area (Å²) >= 11 is 3.16. The Labute approximate surface area is 98.6 Å². The van der Waals surface area contributed by atoms with E-state index in [1.165, 1.54) is 6.20 Å². The molecule has 0 fully saturated rings. The van der Waals surface area contributed by atoms with Gasteiger partial charge < -0.3 is 11.1 Å². The highest BCUT2D eigenvalue weighted by atomic mass is 79.9. The fourth-order valence-corrected chi connectivity index (χ4v) is 1.33. The van der Waals surface area contributed by atoms with Gasteiger partial charge in [0, 0.05) is 19.2 Å². The first-order chi connectivity index (χ1) is 7.38. The quantitative estimate of drug-likeness (QED) is 0.839. The fourth-order valence-electron chi connectivity index (χ4n) is 1.00. The zero-order valence-electron chi connectivity index (χ0n) is 8.18. The van der Waals surface area contributed by atoms with Crippen molar-refractivity contribution in [2.24, 2.45) is 0 Å². The summed E-state index contributed by atoms with van der Waals surface area (Å²) in [6, 6.07) is 0. The molecule has 1 aromatic rings. The molecule has 0 atom stereocenters. The van der Waals surface area contributed by atoms with Crippen LogP contribution in [0.1, 0.15) is 12.8 Å². The minimum atomic E-state index is -4.12. The van der Waals surface area contributed by atoms with E-state index in [-0.39, 0.29) is 18.9 Å². The molecule has 0 saturated carbocycles. The summed E-state index contributed by atoms with van der Waals surface area (Å²) in [7, 11) is 0. The van der Waals surface area contributed by atoms with Crippen molar-refractivity contribution in [3.63, 3.8) is 0 Å². The molecule has 0 aliphatic heterocycles. The van der Waals surface area contributed by atoms with Crippen LogP contribution in [0.5, 0.6) is 0 Å². The van der Waals surface area contributed by atoms with Gasteiger partial charge in [-0.15, -0.1) is 0 Å². The molecule has 0 bridgehead atoms. The fraction of sp³-hybridized carbons (Fsp3) is 0.500. The van der Waals surface area contributed by atoms with Gasteiger partial charge in [0.1, 0.15) is 5.82 Å². The Morgan fingerprint density at radius 3 is 2.75 bits per heavy atom. The molecule has 0 radical (unpaired) electrons. The number of nitrogen functional groups attached to an aromatic ring is 1. The van der Waals surface area contributed by atoms with Crippen LogP contribution in [-0.2, 0) is 0 Å². The molecule has 16 heavy (non-hydrogen) atoms. The van der Waals surface area contributed by atoms with Gasteiger partial charge in [0.05, 0.1) is 4.47 Å². The second-order valence-electron chi connectivity index (χ2n) is 3.07. The molecular weight excluding hydrogens is 289 g/mol. The lowest BCUT2D eigenvalue weighted by atomic mass is 10.3. The molecule has 0 unspecified atom stereocenters. The van der Waals surface area contributed by atoms with Crippen molar-refractivity contribution in [3.8, 4) is 0 Å². The summed E-state index contributed by atoms with van der Waals surface area (Å²) in [5, 5.41) is 2.75. The van der Waals surface area contributed by atoms with Crippen molar-refractivity contribution in [1.82, 2.24) is 9.97 Å². The number of aromatic nitrogens is 2. The van der Waals surface area contributed by atoms with Gasteiger partial charge in [-0.2, -0.15) is 18.2 Å². The van der Waals surface area contributed by atoms with Crippen LogP contribution < -0.4 is 11.1 Å². The maximum atomic E-state index is 11.8. The van der Waals surface area contributed by atoms with E-state index in [1.54, 1.807) is 0 Å². The zero-order chi connectivity index (χ0) is 12.2. The molecule has 0 spiro atoms. The lowest BCUT2D eigenvalue weighted by Gasteiger charge is -2.09. The highest BCUT2D eigenvalue weighted by Crippen LogP contribution is 2.22. The molecule has 0 aromatic carbocycles. The van der Waals surface area contributed by atoms with Gasteiger partial charge in [0.15, 0.2) is 0 Å². The first-order valence-corrected chi connectivity index (χ1v) is 5.26. The average Bonchev–Trinajstić information content (AvgIpc) is 2.16. The van der Waals surface area contributed by atoms with Crippen molar-refractivity contribution in [1.29, 1.82) is 0 Å². The predicted molar refractivity (Wildman–Crippen MR) is 57.9 cm³/mol. The molecule has 0 amide bonds. The Morgan fingerprint density at radius 2 is 2.12 bits per heavy atom. The third-order valence-corrected chi connectivity index (χ3v) is 2.27. The number of hydrogen-bond donors (Lipinski definition) is 2. The molecule has 8 heteroatoms. The number of nitrogens with two attached hydrogens (primary N) is 1. The Hall–Kier alpha value is -1.05.